The first-order valence-corrected chi connectivity index (χ1v) is 35.9. The SMILES string of the molecule is CCCCCCCCCC(=O)OC[C@H](COP(=O)(O)OC[C@H](O)COP(=O)(O)OC[C@@H](COC(=O)CCCCCCCCC(C)CC)OC(=O)CCCCCCCCCCCCCCCC(C)C)OC(=O)CCCCCCCCC(C)C. The lowest BCUT2D eigenvalue weighted by molar-refractivity contribution is -0.161. The van der Waals surface area contributed by atoms with Crippen molar-refractivity contribution in [3.05, 3.63) is 0 Å². The van der Waals surface area contributed by atoms with Gasteiger partial charge in [-0.15, -0.1) is 0 Å². The molecule has 82 heavy (non-hydrogen) atoms. The van der Waals surface area contributed by atoms with Crippen LogP contribution in [0, 0.1) is 17.8 Å². The Balaban J connectivity index is 5.20. The molecule has 0 rings (SSSR count). The standard InChI is InChI=1S/C63H122O17P2/c1-8-10-11-12-20-30-37-44-60(65)73-50-59(80-63(68)47-40-33-25-23-28-35-42-55(5)6)53-78-82(71,72)76-49-57(64)48-75-81(69,70)77-52-58(51-74-61(66)45-38-31-26-24-29-36-43-56(7)9-2)79-62(67)46-39-32-22-19-17-15-13-14-16-18-21-27-34-41-54(3)4/h54-59,64H,8-53H2,1-7H3,(H,69,70)(H,71,72)/t56?,57-,58-,59-/m1/s1. The van der Waals surface area contributed by atoms with E-state index in [4.69, 9.17) is 37.0 Å². The molecule has 0 saturated heterocycles. The summed E-state index contributed by atoms with van der Waals surface area (Å²) in [7, 11) is -9.88. The second kappa shape index (κ2) is 54.5. The normalized spacial score (nSPS) is 14.7. The number of ether oxygens (including phenoxy) is 4. The van der Waals surface area contributed by atoms with Crippen molar-refractivity contribution in [1.29, 1.82) is 0 Å². The van der Waals surface area contributed by atoms with Crippen molar-refractivity contribution in [2.75, 3.05) is 39.6 Å². The van der Waals surface area contributed by atoms with E-state index in [1.165, 1.54) is 96.3 Å². The molecular formula is C63H122O17P2. The fourth-order valence-electron chi connectivity index (χ4n) is 9.27. The highest BCUT2D eigenvalue weighted by molar-refractivity contribution is 7.47. The molecule has 0 saturated carbocycles. The first-order chi connectivity index (χ1) is 39.3. The van der Waals surface area contributed by atoms with Gasteiger partial charge in [0, 0.05) is 25.7 Å². The fraction of sp³-hybridized carbons (Fsp3) is 0.937. The van der Waals surface area contributed by atoms with Crippen LogP contribution in [0.15, 0.2) is 0 Å². The number of hydrogen-bond donors (Lipinski definition) is 3. The van der Waals surface area contributed by atoms with Gasteiger partial charge in [0.2, 0.25) is 0 Å². The Morgan fingerprint density at radius 1 is 0.354 bits per heavy atom. The van der Waals surface area contributed by atoms with Gasteiger partial charge in [0.1, 0.15) is 19.3 Å². The average molecular weight is 1210 g/mol. The lowest BCUT2D eigenvalue weighted by Gasteiger charge is -2.21. The Hall–Kier alpha value is -1.94. The number of rotatable bonds is 61. The van der Waals surface area contributed by atoms with Crippen LogP contribution < -0.4 is 0 Å². The van der Waals surface area contributed by atoms with E-state index in [2.05, 4.69) is 48.5 Å². The number of aliphatic hydroxyl groups excluding tert-OH is 1. The summed E-state index contributed by atoms with van der Waals surface area (Å²) in [5.41, 5.74) is 0. The van der Waals surface area contributed by atoms with E-state index in [1.807, 2.05) is 0 Å². The Labute approximate surface area is 498 Å². The zero-order valence-corrected chi connectivity index (χ0v) is 54.7. The van der Waals surface area contributed by atoms with E-state index in [0.29, 0.717) is 31.6 Å². The summed E-state index contributed by atoms with van der Waals surface area (Å²) in [5, 5.41) is 10.5. The Bertz CT molecular complexity index is 1630. The molecule has 0 aromatic carbocycles. The van der Waals surface area contributed by atoms with Gasteiger partial charge in [-0.2, -0.15) is 0 Å². The van der Waals surface area contributed by atoms with Gasteiger partial charge in [-0.25, -0.2) is 9.13 Å². The number of aliphatic hydroxyl groups is 1. The van der Waals surface area contributed by atoms with Crippen LogP contribution in [0.2, 0.25) is 0 Å². The van der Waals surface area contributed by atoms with Gasteiger partial charge in [0.05, 0.1) is 26.4 Å². The van der Waals surface area contributed by atoms with Crippen LogP contribution in [-0.2, 0) is 65.4 Å². The number of hydrogen-bond acceptors (Lipinski definition) is 15. The minimum Gasteiger partial charge on any atom is -0.462 e. The molecule has 0 radical (unpaired) electrons. The highest BCUT2D eigenvalue weighted by Crippen LogP contribution is 2.45. The minimum atomic E-state index is -4.94. The molecule has 0 aliphatic carbocycles. The zero-order valence-electron chi connectivity index (χ0n) is 52.9. The maximum absolute atomic E-state index is 13.0. The summed E-state index contributed by atoms with van der Waals surface area (Å²) in [6.07, 6.45) is 35.2. The molecule has 486 valence electrons. The van der Waals surface area contributed by atoms with Gasteiger partial charge < -0.3 is 33.8 Å². The second-order valence-electron chi connectivity index (χ2n) is 24.0. The molecule has 6 atom stereocenters. The van der Waals surface area contributed by atoms with Crippen molar-refractivity contribution in [2.45, 2.75) is 324 Å². The minimum absolute atomic E-state index is 0.101. The maximum Gasteiger partial charge on any atom is 0.472 e. The lowest BCUT2D eigenvalue weighted by Crippen LogP contribution is -2.30. The predicted molar refractivity (Wildman–Crippen MR) is 326 cm³/mol. The van der Waals surface area contributed by atoms with E-state index < -0.39 is 97.5 Å². The van der Waals surface area contributed by atoms with Crippen molar-refractivity contribution < 1.29 is 80.2 Å². The van der Waals surface area contributed by atoms with Crippen molar-refractivity contribution in [3.8, 4) is 0 Å². The summed E-state index contributed by atoms with van der Waals surface area (Å²) in [6, 6.07) is 0. The number of phosphoric acid groups is 2. The number of esters is 4. The molecule has 0 spiro atoms. The van der Waals surface area contributed by atoms with Gasteiger partial charge in [-0.05, 0) is 43.4 Å². The third-order valence-electron chi connectivity index (χ3n) is 14.7. The average Bonchev–Trinajstić information content (AvgIpc) is 3.44. The molecule has 0 aliphatic rings. The monoisotopic (exact) mass is 1210 g/mol. The summed E-state index contributed by atoms with van der Waals surface area (Å²) >= 11 is 0. The van der Waals surface area contributed by atoms with E-state index in [0.717, 1.165) is 121 Å². The molecule has 19 heteroatoms. The largest absolute Gasteiger partial charge is 0.472 e. The second-order valence-corrected chi connectivity index (χ2v) is 26.9. The smallest absolute Gasteiger partial charge is 0.462 e. The molecule has 0 fully saturated rings. The molecule has 0 bridgehead atoms. The molecule has 17 nitrogen and oxygen atoms in total. The number of carbonyl (C=O) groups excluding carboxylic acids is 4. The van der Waals surface area contributed by atoms with Gasteiger partial charge in [-0.3, -0.25) is 37.3 Å². The molecule has 3 unspecified atom stereocenters. The van der Waals surface area contributed by atoms with E-state index in [1.54, 1.807) is 0 Å². The Morgan fingerprint density at radius 3 is 0.927 bits per heavy atom. The summed E-state index contributed by atoms with van der Waals surface area (Å²) < 4.78 is 67.8. The third-order valence-corrected chi connectivity index (χ3v) is 16.6. The van der Waals surface area contributed by atoms with Crippen LogP contribution in [0.5, 0.6) is 0 Å². The molecule has 0 amide bonds. The van der Waals surface area contributed by atoms with Crippen molar-refractivity contribution >= 4 is 39.5 Å². The Kier molecular flexibility index (Phi) is 53.2. The van der Waals surface area contributed by atoms with Gasteiger partial charge in [0.15, 0.2) is 12.2 Å². The Morgan fingerprint density at radius 2 is 0.622 bits per heavy atom. The molecular weight excluding hydrogens is 1090 g/mol. The molecule has 0 aromatic rings. The van der Waals surface area contributed by atoms with Crippen molar-refractivity contribution in [1.82, 2.24) is 0 Å². The molecule has 3 N–H and O–H groups in total. The maximum atomic E-state index is 13.0. The van der Waals surface area contributed by atoms with E-state index in [-0.39, 0.29) is 25.7 Å². The third kappa shape index (κ3) is 55.9. The first-order valence-electron chi connectivity index (χ1n) is 32.9. The topological polar surface area (TPSA) is 237 Å². The van der Waals surface area contributed by atoms with Crippen molar-refractivity contribution in [3.63, 3.8) is 0 Å². The number of unbranched alkanes of at least 4 members (excludes halogenated alkanes) is 28. The quantitative estimate of drug-likeness (QED) is 0.0222. The van der Waals surface area contributed by atoms with Crippen LogP contribution in [-0.4, -0.2) is 96.7 Å². The summed E-state index contributed by atoms with van der Waals surface area (Å²) in [4.78, 5) is 72.0. The lowest BCUT2D eigenvalue weighted by atomic mass is 10.00. The van der Waals surface area contributed by atoms with Crippen LogP contribution in [0.4, 0.5) is 0 Å². The van der Waals surface area contributed by atoms with Gasteiger partial charge in [0.25, 0.3) is 0 Å². The van der Waals surface area contributed by atoms with Crippen LogP contribution in [0.1, 0.15) is 305 Å². The van der Waals surface area contributed by atoms with Crippen LogP contribution in [0.3, 0.4) is 0 Å². The zero-order chi connectivity index (χ0) is 61.0. The summed E-state index contributed by atoms with van der Waals surface area (Å²) in [6.45, 7) is 11.6. The molecule has 0 aliphatic heterocycles. The predicted octanol–water partition coefficient (Wildman–Crippen LogP) is 17.1. The van der Waals surface area contributed by atoms with Gasteiger partial charge in [-0.1, -0.05) is 254 Å². The molecule has 0 aromatic heterocycles. The number of phosphoric ester groups is 2. The van der Waals surface area contributed by atoms with E-state index >= 15 is 0 Å². The van der Waals surface area contributed by atoms with Crippen molar-refractivity contribution in [2.24, 2.45) is 17.8 Å². The van der Waals surface area contributed by atoms with E-state index in [9.17, 15) is 43.2 Å². The summed E-state index contributed by atoms with van der Waals surface area (Å²) in [5.74, 6) is 0.0410. The molecule has 0 heterocycles. The van der Waals surface area contributed by atoms with Gasteiger partial charge >= 0.3 is 39.5 Å². The number of carbonyl (C=O) groups is 4. The highest BCUT2D eigenvalue weighted by atomic mass is 31.2. The highest BCUT2D eigenvalue weighted by Gasteiger charge is 2.30. The van der Waals surface area contributed by atoms with Crippen LogP contribution in [0.25, 0.3) is 0 Å². The first kappa shape index (κ1) is 80.1. The van der Waals surface area contributed by atoms with Crippen LogP contribution >= 0.6 is 15.6 Å². The fourth-order valence-corrected chi connectivity index (χ4v) is 10.9.